The first-order valence-electron chi connectivity index (χ1n) is 6.22. The zero-order valence-electron chi connectivity index (χ0n) is 11.4. The molecule has 3 N–H and O–H groups in total. The third kappa shape index (κ3) is 3.34. The fraction of sp³-hybridized carbons (Fsp3) is 0.385. The number of carbonyl (C=O) groups is 1. The zero-order chi connectivity index (χ0) is 14.7. The predicted octanol–water partition coefficient (Wildman–Crippen LogP) is 1.77. The molecule has 2 unspecified atom stereocenters. The summed E-state index contributed by atoms with van der Waals surface area (Å²) in [6, 6.07) is 1.77. The Morgan fingerprint density at radius 1 is 1.60 bits per heavy atom. The number of fused-ring (bicyclic) bond motifs is 1. The standard InChI is InChI=1S/C13H17N3O2S2/c1-8(4-6-20(2)18)16-13(17)12-11(14)9-3-5-15-7-10(9)19-12/h3,5,7-8H,4,6,14H2,1-2H3,(H,16,17). The number of aromatic nitrogens is 1. The molecule has 0 saturated carbocycles. The fourth-order valence-corrected chi connectivity index (χ4v) is 3.52. The van der Waals surface area contributed by atoms with Gasteiger partial charge in [-0.15, -0.1) is 11.3 Å². The quantitative estimate of drug-likeness (QED) is 0.881. The van der Waals surface area contributed by atoms with Crippen molar-refractivity contribution in [3.63, 3.8) is 0 Å². The highest BCUT2D eigenvalue weighted by Gasteiger charge is 2.17. The van der Waals surface area contributed by atoms with Crippen LogP contribution in [0.4, 0.5) is 5.69 Å². The number of nitrogens with zero attached hydrogens (tertiary/aromatic N) is 1. The maximum Gasteiger partial charge on any atom is 0.263 e. The molecule has 0 aliphatic heterocycles. The van der Waals surface area contributed by atoms with Crippen LogP contribution in [-0.4, -0.2) is 33.2 Å². The van der Waals surface area contributed by atoms with Gasteiger partial charge in [0.25, 0.3) is 5.91 Å². The van der Waals surface area contributed by atoms with E-state index < -0.39 is 10.8 Å². The Balaban J connectivity index is 2.11. The molecule has 108 valence electrons. The molecule has 0 fully saturated rings. The Morgan fingerprint density at radius 3 is 3.00 bits per heavy atom. The summed E-state index contributed by atoms with van der Waals surface area (Å²) in [5, 5.41) is 3.75. The van der Waals surface area contributed by atoms with Crippen molar-refractivity contribution in [3.8, 4) is 0 Å². The van der Waals surface area contributed by atoms with E-state index in [2.05, 4.69) is 10.3 Å². The van der Waals surface area contributed by atoms with Gasteiger partial charge in [0.2, 0.25) is 0 Å². The molecule has 0 aliphatic carbocycles. The number of hydrogen-bond acceptors (Lipinski definition) is 5. The average molecular weight is 311 g/mol. The van der Waals surface area contributed by atoms with Crippen molar-refractivity contribution < 1.29 is 9.00 Å². The maximum absolute atomic E-state index is 12.2. The van der Waals surface area contributed by atoms with Crippen LogP contribution < -0.4 is 11.1 Å². The van der Waals surface area contributed by atoms with Gasteiger partial charge in [0.05, 0.1) is 10.4 Å². The van der Waals surface area contributed by atoms with Gasteiger partial charge in [-0.05, 0) is 19.4 Å². The van der Waals surface area contributed by atoms with Gasteiger partial charge in [0.1, 0.15) is 4.88 Å². The Bertz CT molecular complexity index is 654. The first-order chi connectivity index (χ1) is 9.49. The number of nitrogens with two attached hydrogens (primary N) is 1. The number of anilines is 1. The summed E-state index contributed by atoms with van der Waals surface area (Å²) >= 11 is 1.34. The molecule has 0 spiro atoms. The molecule has 0 bridgehead atoms. The molecular formula is C13H17N3O2S2. The minimum Gasteiger partial charge on any atom is -0.397 e. The molecule has 2 aromatic rings. The van der Waals surface area contributed by atoms with Crippen molar-refractivity contribution in [1.29, 1.82) is 0 Å². The Hall–Kier alpha value is -1.47. The van der Waals surface area contributed by atoms with Crippen LogP contribution in [0.1, 0.15) is 23.0 Å². The monoisotopic (exact) mass is 311 g/mol. The summed E-state index contributed by atoms with van der Waals surface area (Å²) in [4.78, 5) is 16.8. The molecule has 5 nitrogen and oxygen atoms in total. The van der Waals surface area contributed by atoms with Gasteiger partial charge in [-0.3, -0.25) is 14.0 Å². The number of amides is 1. The lowest BCUT2D eigenvalue weighted by atomic mass is 10.2. The minimum absolute atomic E-state index is 0.0332. The van der Waals surface area contributed by atoms with Crippen LogP contribution in [0.3, 0.4) is 0 Å². The Labute approximate surface area is 124 Å². The summed E-state index contributed by atoms with van der Waals surface area (Å²) in [6.45, 7) is 1.90. The van der Waals surface area contributed by atoms with Crippen LogP contribution in [0.25, 0.3) is 10.1 Å². The van der Waals surface area contributed by atoms with E-state index in [9.17, 15) is 9.00 Å². The number of pyridine rings is 1. The van der Waals surface area contributed by atoms with Crippen LogP contribution in [-0.2, 0) is 10.8 Å². The highest BCUT2D eigenvalue weighted by molar-refractivity contribution is 7.84. The third-order valence-electron chi connectivity index (χ3n) is 2.95. The van der Waals surface area contributed by atoms with Gasteiger partial charge >= 0.3 is 0 Å². The summed E-state index contributed by atoms with van der Waals surface area (Å²) < 4.78 is 11.9. The number of thiophene rings is 1. The Kier molecular flexibility index (Phi) is 4.72. The second-order valence-corrected chi connectivity index (χ2v) is 7.26. The molecule has 1 amide bonds. The zero-order valence-corrected chi connectivity index (χ0v) is 13.0. The van der Waals surface area contributed by atoms with E-state index in [-0.39, 0.29) is 11.9 Å². The number of nitrogen functional groups attached to an aromatic ring is 1. The second kappa shape index (κ2) is 6.32. The van der Waals surface area contributed by atoms with E-state index in [0.29, 0.717) is 22.7 Å². The number of nitrogens with one attached hydrogen (secondary N) is 1. The third-order valence-corrected chi connectivity index (χ3v) is 4.92. The first kappa shape index (κ1) is 14.9. The molecule has 0 saturated heterocycles. The van der Waals surface area contributed by atoms with Crippen molar-refractivity contribution in [2.75, 3.05) is 17.7 Å². The largest absolute Gasteiger partial charge is 0.397 e. The molecule has 2 aromatic heterocycles. The minimum atomic E-state index is -0.844. The van der Waals surface area contributed by atoms with Gasteiger partial charge < -0.3 is 11.1 Å². The molecule has 0 aliphatic rings. The van der Waals surface area contributed by atoms with E-state index in [1.54, 1.807) is 18.6 Å². The van der Waals surface area contributed by atoms with Crippen molar-refractivity contribution in [3.05, 3.63) is 23.3 Å². The average Bonchev–Trinajstić information content (AvgIpc) is 2.74. The van der Waals surface area contributed by atoms with Crippen molar-refractivity contribution in [2.24, 2.45) is 0 Å². The van der Waals surface area contributed by atoms with Crippen molar-refractivity contribution in [2.45, 2.75) is 19.4 Å². The topological polar surface area (TPSA) is 85.1 Å². The van der Waals surface area contributed by atoms with Crippen molar-refractivity contribution in [1.82, 2.24) is 10.3 Å². The number of rotatable bonds is 5. The van der Waals surface area contributed by atoms with Crippen LogP contribution >= 0.6 is 11.3 Å². The summed E-state index contributed by atoms with van der Waals surface area (Å²) in [7, 11) is -0.844. The molecular weight excluding hydrogens is 294 g/mol. The molecule has 0 aromatic carbocycles. The SMILES string of the molecule is CC(CCS(C)=O)NC(=O)c1sc2cnccc2c1N. The highest BCUT2D eigenvalue weighted by atomic mass is 32.2. The second-order valence-electron chi connectivity index (χ2n) is 4.66. The van der Waals surface area contributed by atoms with Gasteiger partial charge in [-0.25, -0.2) is 0 Å². The van der Waals surface area contributed by atoms with Gasteiger partial charge in [-0.2, -0.15) is 0 Å². The highest BCUT2D eigenvalue weighted by Crippen LogP contribution is 2.32. The number of carbonyl (C=O) groups excluding carboxylic acids is 1. The van der Waals surface area contributed by atoms with Crippen molar-refractivity contribution >= 4 is 43.8 Å². The molecule has 20 heavy (non-hydrogen) atoms. The van der Waals surface area contributed by atoms with Crippen LogP contribution in [0.5, 0.6) is 0 Å². The first-order valence-corrected chi connectivity index (χ1v) is 8.76. The van der Waals surface area contributed by atoms with Gasteiger partial charge in [-0.1, -0.05) is 0 Å². The van der Waals surface area contributed by atoms with Gasteiger partial charge in [0.15, 0.2) is 0 Å². The normalized spacial score (nSPS) is 14.1. The molecule has 2 rings (SSSR count). The van der Waals surface area contributed by atoms with Crippen LogP contribution in [0, 0.1) is 0 Å². The lowest BCUT2D eigenvalue weighted by Crippen LogP contribution is -2.33. The summed E-state index contributed by atoms with van der Waals surface area (Å²) in [5.74, 6) is 0.394. The molecule has 2 atom stereocenters. The smallest absolute Gasteiger partial charge is 0.263 e. The lowest BCUT2D eigenvalue weighted by molar-refractivity contribution is 0.0944. The van der Waals surface area contributed by atoms with E-state index in [1.165, 1.54) is 11.3 Å². The molecule has 7 heteroatoms. The summed E-state index contributed by atoms with van der Waals surface area (Å²) in [5.41, 5.74) is 6.51. The molecule has 2 heterocycles. The van der Waals surface area contributed by atoms with E-state index in [4.69, 9.17) is 5.73 Å². The van der Waals surface area contributed by atoms with Crippen LogP contribution in [0.2, 0.25) is 0 Å². The lowest BCUT2D eigenvalue weighted by Gasteiger charge is -2.12. The predicted molar refractivity (Wildman–Crippen MR) is 84.5 cm³/mol. The maximum atomic E-state index is 12.2. The molecule has 0 radical (unpaired) electrons. The van der Waals surface area contributed by atoms with Crippen LogP contribution in [0.15, 0.2) is 18.5 Å². The van der Waals surface area contributed by atoms with Gasteiger partial charge in [0, 0.05) is 46.6 Å². The fourth-order valence-electron chi connectivity index (χ4n) is 1.84. The Morgan fingerprint density at radius 2 is 2.35 bits per heavy atom. The summed E-state index contributed by atoms with van der Waals surface area (Å²) in [6.07, 6.45) is 5.70. The van der Waals surface area contributed by atoms with E-state index in [0.717, 1.165) is 10.1 Å². The van der Waals surface area contributed by atoms with E-state index in [1.807, 2.05) is 13.0 Å². The van der Waals surface area contributed by atoms with E-state index >= 15 is 0 Å². The number of hydrogen-bond donors (Lipinski definition) is 2.